The monoisotopic (exact) mass is 317 g/mol. The lowest BCUT2D eigenvalue weighted by Crippen LogP contribution is -2.60. The molecule has 0 aromatic carbocycles. The van der Waals surface area contributed by atoms with Crippen LogP contribution < -0.4 is 35.2 Å². The van der Waals surface area contributed by atoms with Gasteiger partial charge in [-0.05, 0) is 0 Å². The van der Waals surface area contributed by atoms with Crippen LogP contribution in [-0.2, 0) is 20.0 Å². The smallest absolute Gasteiger partial charge is 0.465 e. The van der Waals surface area contributed by atoms with Crippen LogP contribution in [0.2, 0.25) is 0 Å². The van der Waals surface area contributed by atoms with Gasteiger partial charge in [0.25, 0.3) is 0 Å². The number of hydrogen-bond acceptors (Lipinski definition) is 6. The van der Waals surface area contributed by atoms with Crippen molar-refractivity contribution in [3.63, 3.8) is 0 Å². The Bertz CT molecular complexity index is 178. The first-order valence-corrected chi connectivity index (χ1v) is 3.21. The van der Waals surface area contributed by atoms with Crippen LogP contribution in [0.4, 0.5) is 9.59 Å². The summed E-state index contributed by atoms with van der Waals surface area (Å²) in [7, 11) is 0. The zero-order valence-corrected chi connectivity index (χ0v) is 11.5. The molecule has 0 bridgehead atoms. The highest BCUT2D eigenvalue weighted by atomic mass is 17.1. The van der Waals surface area contributed by atoms with Crippen LogP contribution in [0.25, 0.3) is 0 Å². The van der Waals surface area contributed by atoms with E-state index < -0.39 is 12.1 Å². The van der Waals surface area contributed by atoms with Crippen LogP contribution in [0.5, 0.6) is 0 Å². The molecule has 0 rings (SSSR count). The van der Waals surface area contributed by atoms with Crippen LogP contribution in [0, 0.1) is 0 Å². The summed E-state index contributed by atoms with van der Waals surface area (Å²) in [5.74, 6) is -0.333. The van der Waals surface area contributed by atoms with Crippen molar-refractivity contribution in [2.24, 2.45) is 17.2 Å². The maximum Gasteiger partial charge on any atom is 1.00 e. The van der Waals surface area contributed by atoms with Gasteiger partial charge in [0, 0.05) is 6.92 Å². The molecule has 0 saturated carbocycles. The molecule has 0 heterocycles. The van der Waals surface area contributed by atoms with E-state index in [1.54, 1.807) is 0 Å². The molecule has 0 aromatic heterocycles. The first-order valence-electron chi connectivity index (χ1n) is 3.21. The number of nitrogens with two attached hydrogens (primary N) is 3. The molecule has 0 aliphatic carbocycles. The van der Waals surface area contributed by atoms with E-state index in [-0.39, 0.29) is 37.1 Å². The number of primary amides is 3. The highest BCUT2D eigenvalue weighted by Crippen LogP contribution is 1.35. The van der Waals surface area contributed by atoms with Gasteiger partial charge in [-0.15, -0.1) is 0 Å². The molecule has 128 valence electrons. The minimum absolute atomic E-state index is 0. The molecule has 24 N–H and O–H groups in total. The molecular weight excluding hydrogens is 288 g/mol. The Balaban J connectivity index is -0.0000000121. The Kier molecular flexibility index (Phi) is 146. The van der Waals surface area contributed by atoms with Crippen LogP contribution in [0.1, 0.15) is 8.35 Å². The van der Waals surface area contributed by atoms with Gasteiger partial charge < -0.3 is 50.4 Å². The topological polar surface area (TPSA) is 361 Å². The van der Waals surface area contributed by atoms with Gasteiger partial charge in [0.1, 0.15) is 0 Å². The maximum atomic E-state index is 9.22. The third-order valence-electron chi connectivity index (χ3n) is 0.0430. The van der Waals surface area contributed by atoms with Crippen molar-refractivity contribution in [1.82, 2.24) is 12.3 Å². The lowest BCUT2D eigenvalue weighted by atomic mass is 10.8. The number of carboxylic acid groups (broad SMARTS) is 1. The Morgan fingerprint density at radius 2 is 1.25 bits per heavy atom. The van der Waals surface area contributed by atoms with E-state index >= 15 is 0 Å². The molecule has 0 fully saturated rings. The Hall–Kier alpha value is -2.56. The first kappa shape index (κ1) is 52.9. The average Bonchev–Trinajstić information content (AvgIpc) is 2.00. The third kappa shape index (κ3) is 1320. The summed E-state index contributed by atoms with van der Waals surface area (Å²) in [6.45, 7) is 1.24. The first-order chi connectivity index (χ1) is 7.11. The van der Waals surface area contributed by atoms with E-state index in [1.165, 1.54) is 6.92 Å². The molecule has 15 nitrogen and oxygen atoms in total. The molecule has 4 amide bonds. The van der Waals surface area contributed by atoms with E-state index in [9.17, 15) is 4.79 Å². The zero-order valence-electron chi connectivity index (χ0n) is 12.5. The van der Waals surface area contributed by atoms with Gasteiger partial charge in [-0.1, -0.05) is 0 Å². The lowest BCUT2D eigenvalue weighted by Gasteiger charge is -1.63. The summed E-state index contributed by atoms with van der Waals surface area (Å²) < 4.78 is 0. The number of hydrogen-bond donors (Lipinski definition) is 8. The summed E-state index contributed by atoms with van der Waals surface area (Å²) in [6.07, 6.45) is -1.33. The number of quaternary nitrogens is 3. The number of rotatable bonds is 1. The summed E-state index contributed by atoms with van der Waals surface area (Å²) >= 11 is 0. The average molecular weight is 317 g/mol. The highest BCUT2D eigenvalue weighted by molar-refractivity contribution is 5.70. The molecule has 0 unspecified atom stereocenters. The molecule has 0 aliphatic heterocycles. The summed E-state index contributed by atoms with van der Waals surface area (Å²) in [4.78, 5) is 38.7. The minimum atomic E-state index is -1.33. The maximum absolute atomic E-state index is 9.22. The largest absolute Gasteiger partial charge is 1.00 e. The van der Waals surface area contributed by atoms with Crippen molar-refractivity contribution in [3.05, 3.63) is 0 Å². The van der Waals surface area contributed by atoms with Crippen molar-refractivity contribution < 1.29 is 52.5 Å². The highest BCUT2D eigenvalue weighted by Gasteiger charge is 1.68. The van der Waals surface area contributed by atoms with Crippen molar-refractivity contribution in [2.75, 3.05) is 0 Å². The number of carbonyl (C=O) groups is 4. The fourth-order valence-corrected chi connectivity index (χ4v) is 0. The second-order valence-corrected chi connectivity index (χ2v) is 1.62. The second kappa shape index (κ2) is 55.0. The lowest BCUT2D eigenvalue weighted by molar-refractivity contribution is -0.245. The van der Waals surface area contributed by atoms with Crippen LogP contribution in [0.3, 0.4) is 0 Å². The van der Waals surface area contributed by atoms with Gasteiger partial charge in [-0.25, -0.2) is 14.8 Å². The van der Waals surface area contributed by atoms with Crippen molar-refractivity contribution in [1.29, 1.82) is 0 Å². The van der Waals surface area contributed by atoms with E-state index in [0.29, 0.717) is 0 Å². The summed E-state index contributed by atoms with van der Waals surface area (Å²) in [5, 5.41) is 14.2. The molecule has 0 spiro atoms. The van der Waals surface area contributed by atoms with Gasteiger partial charge >= 0.3 is 20.0 Å². The van der Waals surface area contributed by atoms with Crippen molar-refractivity contribution >= 4 is 24.5 Å². The van der Waals surface area contributed by atoms with Gasteiger partial charge in [0.15, 0.2) is 0 Å². The second-order valence-electron chi connectivity index (χ2n) is 1.62. The van der Waals surface area contributed by atoms with E-state index in [2.05, 4.69) is 27.8 Å². The van der Waals surface area contributed by atoms with E-state index in [0.717, 1.165) is 0 Å². The van der Waals surface area contributed by atoms with Crippen LogP contribution in [0.15, 0.2) is 0 Å². The fraction of sp³-hybridized carbons (Fsp3) is 0.200. The molecule has 0 aromatic rings. The van der Waals surface area contributed by atoms with Crippen LogP contribution in [-0.4, -0.2) is 40.3 Å². The standard InChI is InChI=1S/C2H5NO.CH4N2O.CH3NO2.CH2O3.2H3N.2H2O/c1-2(3)4;2*2-1(3)4;2-1-4-3;;;;/h1H3,(H2,3,4);(H4,2,3,4);2H2,(H,3,4);1,3H;2*1H3;2*1H2/p+5. The minimum Gasteiger partial charge on any atom is -0.465 e. The Labute approximate surface area is 115 Å². The van der Waals surface area contributed by atoms with Crippen molar-refractivity contribution in [2.45, 2.75) is 6.92 Å². The van der Waals surface area contributed by atoms with Gasteiger partial charge in [0.05, 0.1) is 0 Å². The number of urea groups is 1. The van der Waals surface area contributed by atoms with Crippen molar-refractivity contribution in [3.8, 4) is 0 Å². The van der Waals surface area contributed by atoms with Gasteiger partial charge in [-0.3, -0.25) is 15.3 Å². The number of amides is 4. The molecule has 0 atom stereocenters. The van der Waals surface area contributed by atoms with Gasteiger partial charge in [-0.2, -0.15) is 0 Å². The molecule has 20 heavy (non-hydrogen) atoms. The van der Waals surface area contributed by atoms with Gasteiger partial charge in [0.2, 0.25) is 5.91 Å². The molecule has 15 heteroatoms. The summed E-state index contributed by atoms with van der Waals surface area (Å²) in [5.41, 5.74) is 15.6. The van der Waals surface area contributed by atoms with E-state index in [1.807, 2.05) is 0 Å². The third-order valence-corrected chi connectivity index (χ3v) is 0.0430. The Morgan fingerprint density at radius 1 is 1.20 bits per heavy atom. The van der Waals surface area contributed by atoms with Crippen LogP contribution >= 0.6 is 0 Å². The quantitative estimate of drug-likeness (QED) is 0.103. The molecule has 0 saturated heterocycles. The zero-order chi connectivity index (χ0) is 14.1. The Morgan fingerprint density at radius 3 is 1.25 bits per heavy atom. The number of carbonyl (C=O) groups excluding carboxylic acids is 3. The predicted molar refractivity (Wildman–Crippen MR) is 70.9 cm³/mol. The molecular formula is C5H29N6O9+5. The fourth-order valence-electron chi connectivity index (χ4n) is 0. The molecule has 0 aliphatic rings. The van der Waals surface area contributed by atoms with E-state index in [4.69, 9.17) is 24.7 Å². The summed E-state index contributed by atoms with van der Waals surface area (Å²) in [6, 6.07) is -0.583. The predicted octanol–water partition coefficient (Wildman–Crippen LogP) is -3.83. The SMILES string of the molecule is CC(N)=O.NC(=O)O.NC([NH3+])=O.O.O=COO.[H+].[NH4+].[NH4+].[OH3+]. The normalized spacial score (nSPS) is 4.75. The molecule has 0 radical (unpaired) electrons.